The highest BCUT2D eigenvalue weighted by molar-refractivity contribution is 6.38. The zero-order valence-corrected chi connectivity index (χ0v) is 18.9. The van der Waals surface area contributed by atoms with Crippen LogP contribution in [0.3, 0.4) is 0 Å². The number of piperazine rings is 1. The molecular formula is C22H21ClFN3O7. The molecular weight excluding hydrogens is 473 g/mol. The van der Waals surface area contributed by atoms with Crippen LogP contribution in [0.25, 0.3) is 10.9 Å². The molecule has 3 heterocycles. The van der Waals surface area contributed by atoms with E-state index in [2.05, 4.69) is 9.64 Å². The van der Waals surface area contributed by atoms with E-state index in [1.54, 1.807) is 11.5 Å². The van der Waals surface area contributed by atoms with Crippen molar-refractivity contribution in [2.24, 2.45) is 0 Å². The number of hydrogen-bond acceptors (Lipinski definition) is 8. The van der Waals surface area contributed by atoms with Crippen LogP contribution in [-0.2, 0) is 6.54 Å². The number of carbonyl (C=O) groups is 1. The van der Waals surface area contributed by atoms with Crippen molar-refractivity contribution >= 4 is 34.3 Å². The van der Waals surface area contributed by atoms with E-state index in [1.165, 1.54) is 6.20 Å². The third kappa shape index (κ3) is 4.05. The lowest BCUT2D eigenvalue weighted by Crippen LogP contribution is -2.46. The molecule has 34 heavy (non-hydrogen) atoms. The summed E-state index contributed by atoms with van der Waals surface area (Å²) in [6, 6.07) is 1.13. The summed E-state index contributed by atoms with van der Waals surface area (Å²) < 4.78 is 31.6. The van der Waals surface area contributed by atoms with Crippen molar-refractivity contribution in [1.82, 2.24) is 9.47 Å². The van der Waals surface area contributed by atoms with Gasteiger partial charge in [-0.1, -0.05) is 11.6 Å². The number of pyridine rings is 1. The molecule has 5 rings (SSSR count). The van der Waals surface area contributed by atoms with Gasteiger partial charge in [-0.2, -0.15) is 0 Å². The highest BCUT2D eigenvalue weighted by Crippen LogP contribution is 2.42. The summed E-state index contributed by atoms with van der Waals surface area (Å²) in [5, 5.41) is 9.03. The summed E-state index contributed by atoms with van der Waals surface area (Å²) in [6.45, 7) is 4.08. The number of ether oxygens (including phenoxy) is 1. The molecule has 0 spiro atoms. The van der Waals surface area contributed by atoms with Crippen molar-refractivity contribution in [3.8, 4) is 5.75 Å². The first-order valence-electron chi connectivity index (χ1n) is 10.8. The Balaban J connectivity index is 1.47. The van der Waals surface area contributed by atoms with Gasteiger partial charge in [-0.3, -0.25) is 9.69 Å². The fourth-order valence-electron chi connectivity index (χ4n) is 4.36. The van der Waals surface area contributed by atoms with Crippen LogP contribution in [0.4, 0.5) is 14.9 Å². The fraction of sp³-hybridized carbons (Fsp3) is 0.409. The first-order chi connectivity index (χ1) is 16.2. The largest absolute Gasteiger partial charge is 0.519 e. The lowest BCUT2D eigenvalue weighted by atomic mass is 10.1. The van der Waals surface area contributed by atoms with Gasteiger partial charge < -0.3 is 28.1 Å². The molecule has 2 aliphatic rings. The molecule has 1 aliphatic heterocycles. The molecule has 0 atom stereocenters. The number of fused-ring (bicyclic) bond motifs is 1. The molecule has 0 unspecified atom stereocenters. The van der Waals surface area contributed by atoms with E-state index < -0.39 is 23.2 Å². The fourth-order valence-corrected chi connectivity index (χ4v) is 4.76. The molecule has 1 saturated heterocycles. The zero-order chi connectivity index (χ0) is 24.1. The molecule has 0 radical (unpaired) electrons. The third-order valence-corrected chi connectivity index (χ3v) is 6.54. The normalized spacial score (nSPS) is 16.9. The van der Waals surface area contributed by atoms with Crippen LogP contribution >= 0.6 is 11.6 Å². The number of carboxylic acid groups (broad SMARTS) is 1. The van der Waals surface area contributed by atoms with E-state index in [0.29, 0.717) is 49.8 Å². The van der Waals surface area contributed by atoms with Gasteiger partial charge in [-0.05, 0) is 25.8 Å². The lowest BCUT2D eigenvalue weighted by Gasteiger charge is -2.36. The van der Waals surface area contributed by atoms with Crippen molar-refractivity contribution in [1.29, 1.82) is 0 Å². The van der Waals surface area contributed by atoms with Crippen molar-refractivity contribution in [3.63, 3.8) is 0 Å². The summed E-state index contributed by atoms with van der Waals surface area (Å²) in [5.74, 6) is -0.907. The summed E-state index contributed by atoms with van der Waals surface area (Å²) in [6.07, 6.45) is 1.37. The van der Waals surface area contributed by atoms with E-state index in [4.69, 9.17) is 25.5 Å². The Bertz CT molecular complexity index is 1400. The van der Waals surface area contributed by atoms with Crippen LogP contribution in [0.15, 0.2) is 30.7 Å². The van der Waals surface area contributed by atoms with Crippen molar-refractivity contribution in [2.45, 2.75) is 32.4 Å². The Hall–Kier alpha value is -3.31. The second kappa shape index (κ2) is 8.48. The van der Waals surface area contributed by atoms with Gasteiger partial charge in [0.25, 0.3) is 0 Å². The molecule has 1 aliphatic carbocycles. The summed E-state index contributed by atoms with van der Waals surface area (Å²) in [7, 11) is 0. The second-order valence-corrected chi connectivity index (χ2v) is 8.82. The first kappa shape index (κ1) is 22.5. The molecule has 0 amide bonds. The number of anilines is 1. The van der Waals surface area contributed by atoms with E-state index in [-0.39, 0.29) is 27.9 Å². The molecule has 10 nitrogen and oxygen atoms in total. The molecule has 0 bridgehead atoms. The van der Waals surface area contributed by atoms with Crippen LogP contribution in [0, 0.1) is 12.7 Å². The Morgan fingerprint density at radius 2 is 1.94 bits per heavy atom. The summed E-state index contributed by atoms with van der Waals surface area (Å²) >= 11 is 6.70. The van der Waals surface area contributed by atoms with Crippen molar-refractivity contribution in [2.75, 3.05) is 31.1 Å². The Morgan fingerprint density at radius 3 is 2.53 bits per heavy atom. The van der Waals surface area contributed by atoms with E-state index >= 15 is 4.39 Å². The average Bonchev–Trinajstić information content (AvgIpc) is 3.56. The van der Waals surface area contributed by atoms with Gasteiger partial charge in [-0.15, -0.1) is 0 Å². The minimum Gasteiger partial charge on any atom is -0.449 e. The maximum absolute atomic E-state index is 15.3. The van der Waals surface area contributed by atoms with Gasteiger partial charge in [0.2, 0.25) is 5.43 Å². The number of nitrogens with zero attached hydrogens (tertiary/aromatic N) is 3. The molecule has 2 fully saturated rings. The number of halogens is 2. The highest BCUT2D eigenvalue weighted by atomic mass is 35.5. The maximum Gasteiger partial charge on any atom is 0.519 e. The smallest absolute Gasteiger partial charge is 0.449 e. The van der Waals surface area contributed by atoms with Crippen LogP contribution in [0.5, 0.6) is 5.75 Å². The van der Waals surface area contributed by atoms with Crippen molar-refractivity contribution < 1.29 is 27.9 Å². The Morgan fingerprint density at radius 1 is 1.24 bits per heavy atom. The van der Waals surface area contributed by atoms with E-state index in [1.807, 2.05) is 4.90 Å². The monoisotopic (exact) mass is 493 g/mol. The van der Waals surface area contributed by atoms with E-state index in [0.717, 1.165) is 18.9 Å². The van der Waals surface area contributed by atoms with Crippen molar-refractivity contribution in [3.05, 3.63) is 55.5 Å². The predicted molar refractivity (Wildman–Crippen MR) is 120 cm³/mol. The first-order valence-corrected chi connectivity index (χ1v) is 11.1. The topological polar surface area (TPSA) is 118 Å². The molecule has 1 aromatic carbocycles. The summed E-state index contributed by atoms with van der Waals surface area (Å²) in [5.41, 5.74) is -0.175. The van der Waals surface area contributed by atoms with Crippen LogP contribution in [0.2, 0.25) is 5.02 Å². The number of benzene rings is 1. The second-order valence-electron chi connectivity index (χ2n) is 8.44. The summed E-state index contributed by atoms with van der Waals surface area (Å²) in [4.78, 5) is 39.0. The van der Waals surface area contributed by atoms with Gasteiger partial charge in [0.15, 0.2) is 11.5 Å². The molecule has 180 valence electrons. The molecule has 1 N–H and O–H groups in total. The molecule has 1 saturated carbocycles. The minimum absolute atomic E-state index is 0.0269. The van der Waals surface area contributed by atoms with Gasteiger partial charge in [0.05, 0.1) is 34.4 Å². The van der Waals surface area contributed by atoms with Crippen LogP contribution < -0.4 is 20.9 Å². The van der Waals surface area contributed by atoms with E-state index in [9.17, 15) is 14.4 Å². The lowest BCUT2D eigenvalue weighted by molar-refractivity contribution is 0.143. The van der Waals surface area contributed by atoms with Gasteiger partial charge in [0, 0.05) is 32.2 Å². The quantitative estimate of drug-likeness (QED) is 0.533. The van der Waals surface area contributed by atoms with Gasteiger partial charge in [-0.25, -0.2) is 14.0 Å². The molecule has 12 heteroatoms. The highest BCUT2D eigenvalue weighted by Gasteiger charge is 2.31. The number of aryl methyl sites for hydroxylation is 1. The number of aromatic nitrogens is 1. The predicted octanol–water partition coefficient (Wildman–Crippen LogP) is 3.36. The number of rotatable bonds is 5. The third-order valence-electron chi connectivity index (χ3n) is 6.18. The van der Waals surface area contributed by atoms with Gasteiger partial charge in [0.1, 0.15) is 11.6 Å². The SMILES string of the molecule is Cc1oc(=O)oc1CN1CCN(c2c(F)cc3c(=O)c(OC(=O)O)cn(C4CC4)c3c2Cl)CC1. The minimum atomic E-state index is -1.62. The number of hydrogen-bond donors (Lipinski definition) is 1. The van der Waals surface area contributed by atoms with Crippen LogP contribution in [-0.4, -0.2) is 46.9 Å². The molecule has 3 aromatic rings. The average molecular weight is 494 g/mol. The molecule has 2 aromatic heterocycles. The maximum atomic E-state index is 15.3. The zero-order valence-electron chi connectivity index (χ0n) is 18.2. The Kier molecular flexibility index (Phi) is 5.61. The van der Waals surface area contributed by atoms with Gasteiger partial charge >= 0.3 is 12.0 Å². The van der Waals surface area contributed by atoms with Crippen LogP contribution in [0.1, 0.15) is 30.4 Å². The Labute approximate surface area is 196 Å². The standard InChI is InChI=1S/C22H21ClFN3O7/c1-11-15(34-22(31)32-11)9-25-4-6-26(7-5-25)19-14(24)8-13-18(17(19)23)27(12-2-3-12)10-16(20(13)28)33-21(29)30/h8,10,12H,2-7,9H2,1H3,(H,29,30).